The summed E-state index contributed by atoms with van der Waals surface area (Å²) in [5.74, 6) is 0.400. The highest BCUT2D eigenvalue weighted by molar-refractivity contribution is 7.80. The van der Waals surface area contributed by atoms with Crippen LogP contribution >= 0.6 is 23.8 Å². The van der Waals surface area contributed by atoms with Crippen molar-refractivity contribution in [1.29, 1.82) is 0 Å². The number of nitrogens with zero attached hydrogens (tertiary/aromatic N) is 4. The highest BCUT2D eigenvalue weighted by Gasteiger charge is 2.14. The number of benzene rings is 2. The summed E-state index contributed by atoms with van der Waals surface area (Å²) in [7, 11) is 0. The molecule has 2 N–H and O–H groups in total. The molecular formula is C24H24ClFN6S. The summed E-state index contributed by atoms with van der Waals surface area (Å²) < 4.78 is 17.0. The molecule has 0 aliphatic heterocycles. The number of anilines is 2. The molecule has 0 radical (unpaired) electrons. The predicted molar refractivity (Wildman–Crippen MR) is 135 cm³/mol. The van der Waals surface area contributed by atoms with E-state index in [9.17, 15) is 4.39 Å². The quantitative estimate of drug-likeness (QED) is 0.345. The van der Waals surface area contributed by atoms with Crippen LogP contribution in [0.4, 0.5) is 15.9 Å². The van der Waals surface area contributed by atoms with Gasteiger partial charge < -0.3 is 10.6 Å². The van der Waals surface area contributed by atoms with E-state index < -0.39 is 0 Å². The van der Waals surface area contributed by atoms with Gasteiger partial charge in [-0.25, -0.2) is 4.39 Å². The van der Waals surface area contributed by atoms with Crippen LogP contribution in [0.3, 0.4) is 0 Å². The minimum absolute atomic E-state index is 0.254. The maximum absolute atomic E-state index is 13.2. The van der Waals surface area contributed by atoms with Crippen LogP contribution in [-0.2, 0) is 13.1 Å². The van der Waals surface area contributed by atoms with Gasteiger partial charge in [-0.3, -0.25) is 9.36 Å². The van der Waals surface area contributed by atoms with Crippen LogP contribution in [0.1, 0.15) is 28.2 Å². The zero-order valence-corrected chi connectivity index (χ0v) is 20.1. The summed E-state index contributed by atoms with van der Waals surface area (Å²) in [6.07, 6.45) is 0. The van der Waals surface area contributed by atoms with Gasteiger partial charge in [-0.15, -0.1) is 0 Å². The van der Waals surface area contributed by atoms with Gasteiger partial charge in [-0.05, 0) is 68.4 Å². The second kappa shape index (κ2) is 9.72. The highest BCUT2D eigenvalue weighted by Crippen LogP contribution is 2.21. The average molecular weight is 483 g/mol. The van der Waals surface area contributed by atoms with E-state index >= 15 is 0 Å². The summed E-state index contributed by atoms with van der Waals surface area (Å²) in [5, 5.41) is 16.7. The third-order valence-corrected chi connectivity index (χ3v) is 5.75. The van der Waals surface area contributed by atoms with Crippen molar-refractivity contribution in [1.82, 2.24) is 19.6 Å². The van der Waals surface area contributed by atoms with Crippen molar-refractivity contribution in [2.75, 3.05) is 10.6 Å². The van der Waals surface area contributed by atoms with E-state index in [1.807, 2.05) is 60.5 Å². The molecule has 4 rings (SSSR count). The van der Waals surface area contributed by atoms with Gasteiger partial charge in [0.2, 0.25) is 0 Å². The van der Waals surface area contributed by atoms with Crippen LogP contribution in [0.25, 0.3) is 0 Å². The Labute approximate surface area is 202 Å². The Morgan fingerprint density at radius 1 is 0.939 bits per heavy atom. The molecule has 2 heterocycles. The summed E-state index contributed by atoms with van der Waals surface area (Å²) in [4.78, 5) is 0. The van der Waals surface area contributed by atoms with Crippen molar-refractivity contribution < 1.29 is 4.39 Å². The first kappa shape index (κ1) is 22.9. The standard InChI is InChI=1S/C24H24ClFN6S/c1-15-11-22(30-31(15)14-19-5-4-6-20(25)12-19)27-24(33)28-23-16(2)29-32(17(23)3)13-18-7-9-21(26)10-8-18/h4-12H,13-14H2,1-3H3,(H2,27,28,30,33). The summed E-state index contributed by atoms with van der Waals surface area (Å²) in [6, 6.07) is 16.1. The van der Waals surface area contributed by atoms with E-state index in [4.69, 9.17) is 23.8 Å². The molecule has 4 aromatic rings. The molecule has 170 valence electrons. The molecule has 0 bridgehead atoms. The molecule has 0 saturated heterocycles. The zero-order chi connectivity index (χ0) is 23.5. The van der Waals surface area contributed by atoms with Crippen molar-refractivity contribution in [3.63, 3.8) is 0 Å². The fourth-order valence-electron chi connectivity index (χ4n) is 3.60. The average Bonchev–Trinajstić information content (AvgIpc) is 3.23. The monoisotopic (exact) mass is 482 g/mol. The van der Waals surface area contributed by atoms with E-state index in [0.29, 0.717) is 29.0 Å². The maximum Gasteiger partial charge on any atom is 0.176 e. The number of hydrogen-bond donors (Lipinski definition) is 2. The molecule has 9 heteroatoms. The number of aryl methyl sites for hydroxylation is 2. The lowest BCUT2D eigenvalue weighted by molar-refractivity contribution is 0.622. The zero-order valence-electron chi connectivity index (χ0n) is 18.6. The van der Waals surface area contributed by atoms with E-state index in [1.54, 1.807) is 12.1 Å². The third-order valence-electron chi connectivity index (χ3n) is 5.31. The molecular weight excluding hydrogens is 459 g/mol. The lowest BCUT2D eigenvalue weighted by atomic mass is 10.2. The van der Waals surface area contributed by atoms with Gasteiger partial charge in [0, 0.05) is 16.8 Å². The Bertz CT molecular complexity index is 1300. The normalized spacial score (nSPS) is 10.9. The minimum Gasteiger partial charge on any atom is -0.329 e. The molecule has 2 aromatic carbocycles. The van der Waals surface area contributed by atoms with Crippen molar-refractivity contribution >= 4 is 40.4 Å². The van der Waals surface area contributed by atoms with Gasteiger partial charge in [0.1, 0.15) is 5.82 Å². The maximum atomic E-state index is 13.2. The first-order valence-corrected chi connectivity index (χ1v) is 11.2. The van der Waals surface area contributed by atoms with Crippen molar-refractivity contribution in [2.45, 2.75) is 33.9 Å². The van der Waals surface area contributed by atoms with E-state index in [0.717, 1.165) is 33.9 Å². The molecule has 2 aromatic heterocycles. The molecule has 0 unspecified atom stereocenters. The Kier molecular flexibility index (Phi) is 6.76. The number of halogens is 2. The van der Waals surface area contributed by atoms with Crippen molar-refractivity contribution in [3.8, 4) is 0 Å². The summed E-state index contributed by atoms with van der Waals surface area (Å²) in [6.45, 7) is 7.04. The molecule has 0 spiro atoms. The highest BCUT2D eigenvalue weighted by atomic mass is 35.5. The summed E-state index contributed by atoms with van der Waals surface area (Å²) in [5.41, 5.74) is 5.63. The lowest BCUT2D eigenvalue weighted by Crippen LogP contribution is -2.20. The van der Waals surface area contributed by atoms with Crippen LogP contribution in [0.15, 0.2) is 54.6 Å². The van der Waals surface area contributed by atoms with E-state index in [1.165, 1.54) is 12.1 Å². The van der Waals surface area contributed by atoms with Gasteiger partial charge in [0.05, 0.1) is 30.2 Å². The second-order valence-corrected chi connectivity index (χ2v) is 8.71. The first-order chi connectivity index (χ1) is 15.8. The van der Waals surface area contributed by atoms with Gasteiger partial charge in [0.25, 0.3) is 0 Å². The molecule has 0 aliphatic rings. The molecule has 0 atom stereocenters. The minimum atomic E-state index is -0.254. The number of aromatic nitrogens is 4. The van der Waals surface area contributed by atoms with Gasteiger partial charge in [0.15, 0.2) is 10.9 Å². The Morgan fingerprint density at radius 3 is 2.39 bits per heavy atom. The second-order valence-electron chi connectivity index (χ2n) is 7.87. The number of thiocarbonyl (C=S) groups is 1. The Hall–Kier alpha value is -3.23. The fraction of sp³-hybridized carbons (Fsp3) is 0.208. The van der Waals surface area contributed by atoms with Crippen LogP contribution in [-0.4, -0.2) is 24.7 Å². The Balaban J connectivity index is 1.43. The SMILES string of the molecule is Cc1nn(Cc2ccc(F)cc2)c(C)c1NC(=S)Nc1cc(C)n(Cc2cccc(Cl)c2)n1. The van der Waals surface area contributed by atoms with Crippen molar-refractivity contribution in [2.24, 2.45) is 0 Å². The molecule has 33 heavy (non-hydrogen) atoms. The number of rotatable bonds is 6. The van der Waals surface area contributed by atoms with Crippen LogP contribution in [0, 0.1) is 26.6 Å². The van der Waals surface area contributed by atoms with Crippen LogP contribution in [0.2, 0.25) is 5.02 Å². The van der Waals surface area contributed by atoms with Gasteiger partial charge in [-0.2, -0.15) is 10.2 Å². The van der Waals surface area contributed by atoms with Crippen molar-refractivity contribution in [3.05, 3.63) is 93.6 Å². The van der Waals surface area contributed by atoms with Crippen LogP contribution < -0.4 is 10.6 Å². The van der Waals surface area contributed by atoms with Gasteiger partial charge in [-0.1, -0.05) is 35.9 Å². The van der Waals surface area contributed by atoms with E-state index in [2.05, 4.69) is 20.8 Å². The summed E-state index contributed by atoms with van der Waals surface area (Å²) >= 11 is 11.6. The largest absolute Gasteiger partial charge is 0.329 e. The molecule has 0 saturated carbocycles. The molecule has 0 amide bonds. The topological polar surface area (TPSA) is 59.7 Å². The van der Waals surface area contributed by atoms with E-state index in [-0.39, 0.29) is 5.82 Å². The van der Waals surface area contributed by atoms with Crippen LogP contribution in [0.5, 0.6) is 0 Å². The fourth-order valence-corrected chi connectivity index (χ4v) is 4.01. The first-order valence-electron chi connectivity index (χ1n) is 10.4. The number of nitrogens with one attached hydrogen (secondary N) is 2. The number of hydrogen-bond acceptors (Lipinski definition) is 3. The molecule has 0 fully saturated rings. The smallest absolute Gasteiger partial charge is 0.176 e. The Morgan fingerprint density at radius 2 is 1.67 bits per heavy atom. The third kappa shape index (κ3) is 5.58. The molecule has 0 aliphatic carbocycles. The molecule has 6 nitrogen and oxygen atoms in total. The lowest BCUT2D eigenvalue weighted by Gasteiger charge is -2.10. The predicted octanol–water partition coefficient (Wildman–Crippen LogP) is 5.70. The van der Waals surface area contributed by atoms with Gasteiger partial charge >= 0.3 is 0 Å².